The number of rotatable bonds is 3. The highest BCUT2D eigenvalue weighted by molar-refractivity contribution is 5.81. The van der Waals surface area contributed by atoms with Crippen molar-refractivity contribution in [2.75, 3.05) is 6.61 Å². The number of carbonyl (C=O) groups excluding carboxylic acids is 1. The maximum atomic E-state index is 10.5. The molecule has 55 valence electrons. The molecular weight excluding hydrogens is 128 g/mol. The van der Waals surface area contributed by atoms with Crippen LogP contribution < -0.4 is 0 Å². The molecule has 0 N–H and O–H groups in total. The Bertz CT molecular complexity index is 145. The van der Waals surface area contributed by atoms with E-state index < -0.39 is 0 Å². The fourth-order valence-corrected chi connectivity index (χ4v) is 0.396. The fraction of sp³-hybridized carbons (Fsp3) is 0.375. The first-order chi connectivity index (χ1) is 4.81. The van der Waals surface area contributed by atoms with Gasteiger partial charge in [-0.05, 0) is 19.9 Å². The van der Waals surface area contributed by atoms with Crippen LogP contribution in [0.4, 0.5) is 0 Å². The second-order valence-electron chi connectivity index (χ2n) is 1.56. The lowest BCUT2D eigenvalue weighted by molar-refractivity contribution is -0.137. The first-order valence-corrected chi connectivity index (χ1v) is 3.18. The molecule has 2 nitrogen and oxygen atoms in total. The average molecular weight is 139 g/mol. The van der Waals surface area contributed by atoms with Crippen molar-refractivity contribution in [1.82, 2.24) is 0 Å². The van der Waals surface area contributed by atoms with E-state index in [0.717, 1.165) is 0 Å². The van der Waals surface area contributed by atoms with Gasteiger partial charge in [0.2, 0.25) is 0 Å². The molecule has 0 bridgehead atoms. The molecule has 10 heavy (non-hydrogen) atoms. The van der Waals surface area contributed by atoms with Gasteiger partial charge in [0.25, 0.3) is 0 Å². The molecule has 0 aromatic carbocycles. The summed E-state index contributed by atoms with van der Waals surface area (Å²) in [5.41, 5.74) is 0. The number of ether oxygens (including phenoxy) is 1. The number of hydrogen-bond acceptors (Lipinski definition) is 2. The Morgan fingerprint density at radius 3 is 2.90 bits per heavy atom. The molecule has 0 aliphatic carbocycles. The Morgan fingerprint density at radius 2 is 2.40 bits per heavy atom. The predicted octanol–water partition coefficient (Wildman–Crippen LogP) is 1.48. The van der Waals surface area contributed by atoms with Crippen molar-refractivity contribution in [2.24, 2.45) is 0 Å². The van der Waals surface area contributed by atoms with Crippen LogP contribution in [0, 0.1) is 6.08 Å². The van der Waals surface area contributed by atoms with Crippen LogP contribution in [0.1, 0.15) is 13.8 Å². The molecule has 0 spiro atoms. The van der Waals surface area contributed by atoms with Gasteiger partial charge in [0, 0.05) is 6.08 Å². The summed E-state index contributed by atoms with van der Waals surface area (Å²) < 4.78 is 4.60. The van der Waals surface area contributed by atoms with E-state index in [0.29, 0.717) is 6.61 Å². The highest BCUT2D eigenvalue weighted by Gasteiger charge is 1.89. The average Bonchev–Trinajstić information content (AvgIpc) is 1.89. The molecule has 0 aliphatic heterocycles. The SMILES string of the molecule is C/C=C/[C]=C\C(=O)OCC. The van der Waals surface area contributed by atoms with Crippen molar-refractivity contribution in [3.63, 3.8) is 0 Å². The van der Waals surface area contributed by atoms with Crippen LogP contribution >= 0.6 is 0 Å². The lowest BCUT2D eigenvalue weighted by atomic mass is 10.4. The summed E-state index contributed by atoms with van der Waals surface area (Å²) in [5.74, 6) is -0.347. The van der Waals surface area contributed by atoms with E-state index in [1.165, 1.54) is 6.08 Å². The monoisotopic (exact) mass is 139 g/mol. The molecule has 0 heterocycles. The fourth-order valence-electron chi connectivity index (χ4n) is 0.396. The summed E-state index contributed by atoms with van der Waals surface area (Å²) in [4.78, 5) is 10.5. The van der Waals surface area contributed by atoms with Gasteiger partial charge >= 0.3 is 5.97 Å². The van der Waals surface area contributed by atoms with Gasteiger partial charge in [-0.25, -0.2) is 4.79 Å². The zero-order valence-electron chi connectivity index (χ0n) is 6.26. The predicted molar refractivity (Wildman–Crippen MR) is 39.3 cm³/mol. The Kier molecular flexibility index (Phi) is 5.44. The van der Waals surface area contributed by atoms with Crippen molar-refractivity contribution in [2.45, 2.75) is 13.8 Å². The van der Waals surface area contributed by atoms with Crippen LogP contribution in [0.25, 0.3) is 0 Å². The van der Waals surface area contributed by atoms with Crippen LogP contribution in [-0.2, 0) is 9.53 Å². The zero-order valence-corrected chi connectivity index (χ0v) is 6.26. The van der Waals surface area contributed by atoms with Crippen LogP contribution in [0.15, 0.2) is 18.2 Å². The minimum Gasteiger partial charge on any atom is -0.463 e. The van der Waals surface area contributed by atoms with Crippen molar-refractivity contribution < 1.29 is 9.53 Å². The standard InChI is InChI=1S/C8H11O2/c1-3-5-6-7-8(9)10-4-2/h3,5,7H,4H2,1-2H3/b5-3+,7-6?. The summed E-state index contributed by atoms with van der Waals surface area (Å²) in [5, 5.41) is 0. The van der Waals surface area contributed by atoms with E-state index in [4.69, 9.17) is 0 Å². The normalized spacial score (nSPS) is 11.0. The second-order valence-corrected chi connectivity index (χ2v) is 1.56. The van der Waals surface area contributed by atoms with Crippen molar-refractivity contribution >= 4 is 5.97 Å². The van der Waals surface area contributed by atoms with E-state index in [2.05, 4.69) is 10.8 Å². The van der Waals surface area contributed by atoms with Crippen molar-refractivity contribution in [1.29, 1.82) is 0 Å². The smallest absolute Gasteiger partial charge is 0.331 e. The Hall–Kier alpha value is -1.05. The highest BCUT2D eigenvalue weighted by atomic mass is 16.5. The topological polar surface area (TPSA) is 26.3 Å². The molecule has 0 atom stereocenters. The van der Waals surface area contributed by atoms with Gasteiger partial charge in [-0.15, -0.1) is 0 Å². The number of hydrogen-bond donors (Lipinski definition) is 0. The molecule has 0 fully saturated rings. The third kappa shape index (κ3) is 5.09. The quantitative estimate of drug-likeness (QED) is 0.336. The molecule has 0 saturated carbocycles. The van der Waals surface area contributed by atoms with Crippen molar-refractivity contribution in [3.05, 3.63) is 24.3 Å². The van der Waals surface area contributed by atoms with Gasteiger partial charge < -0.3 is 4.74 Å². The summed E-state index contributed by atoms with van der Waals surface area (Å²) in [7, 11) is 0. The molecule has 0 saturated heterocycles. The molecule has 1 radical (unpaired) electrons. The summed E-state index contributed by atoms with van der Waals surface area (Å²) in [6.45, 7) is 4.03. The molecule has 2 heteroatoms. The Morgan fingerprint density at radius 1 is 1.70 bits per heavy atom. The van der Waals surface area contributed by atoms with Crippen LogP contribution in [0.3, 0.4) is 0 Å². The Balaban J connectivity index is 3.56. The number of esters is 1. The summed E-state index contributed by atoms with van der Waals surface area (Å²) in [6.07, 6.45) is 7.34. The van der Waals surface area contributed by atoms with E-state index in [9.17, 15) is 4.79 Å². The summed E-state index contributed by atoms with van der Waals surface area (Å²) >= 11 is 0. The van der Waals surface area contributed by atoms with Gasteiger partial charge in [0.15, 0.2) is 0 Å². The van der Waals surface area contributed by atoms with Gasteiger partial charge in [-0.2, -0.15) is 0 Å². The zero-order chi connectivity index (χ0) is 7.82. The first kappa shape index (κ1) is 8.95. The number of carbonyl (C=O) groups is 1. The maximum absolute atomic E-state index is 10.5. The first-order valence-electron chi connectivity index (χ1n) is 3.18. The third-order valence-corrected chi connectivity index (χ3v) is 0.751. The molecular formula is C8H11O2. The van der Waals surface area contributed by atoms with Gasteiger partial charge in [-0.3, -0.25) is 0 Å². The van der Waals surface area contributed by atoms with E-state index in [-0.39, 0.29) is 5.97 Å². The summed E-state index contributed by atoms with van der Waals surface area (Å²) in [6, 6.07) is 0. The maximum Gasteiger partial charge on any atom is 0.331 e. The second kappa shape index (κ2) is 6.08. The minimum atomic E-state index is -0.347. The molecule has 0 aromatic rings. The van der Waals surface area contributed by atoms with E-state index in [1.54, 1.807) is 19.1 Å². The molecule has 0 unspecified atom stereocenters. The minimum absolute atomic E-state index is 0.347. The molecule has 0 aliphatic rings. The lowest BCUT2D eigenvalue weighted by Crippen LogP contribution is -1.98. The third-order valence-electron chi connectivity index (χ3n) is 0.751. The van der Waals surface area contributed by atoms with Crippen LogP contribution in [0.5, 0.6) is 0 Å². The van der Waals surface area contributed by atoms with Gasteiger partial charge in [0.1, 0.15) is 0 Å². The van der Waals surface area contributed by atoms with Gasteiger partial charge in [-0.1, -0.05) is 12.2 Å². The highest BCUT2D eigenvalue weighted by Crippen LogP contribution is 1.80. The van der Waals surface area contributed by atoms with Crippen LogP contribution in [-0.4, -0.2) is 12.6 Å². The number of allylic oxidation sites excluding steroid dienone is 3. The van der Waals surface area contributed by atoms with E-state index in [1.807, 2.05) is 6.92 Å². The lowest BCUT2D eigenvalue weighted by Gasteiger charge is -1.91. The van der Waals surface area contributed by atoms with Crippen molar-refractivity contribution in [3.8, 4) is 0 Å². The Labute approximate surface area is 61.2 Å². The van der Waals surface area contributed by atoms with Gasteiger partial charge in [0.05, 0.1) is 6.61 Å². The molecule has 0 rings (SSSR count). The molecule has 0 aromatic heterocycles. The largest absolute Gasteiger partial charge is 0.463 e. The van der Waals surface area contributed by atoms with Crippen LogP contribution in [0.2, 0.25) is 0 Å². The molecule has 0 amide bonds. The van der Waals surface area contributed by atoms with E-state index >= 15 is 0 Å².